The van der Waals surface area contributed by atoms with Gasteiger partial charge in [-0.25, -0.2) is 4.98 Å². The lowest BCUT2D eigenvalue weighted by molar-refractivity contribution is 0.0739. The first-order valence-corrected chi connectivity index (χ1v) is 8.57. The number of anilines is 1. The normalized spacial score (nSPS) is 17.3. The van der Waals surface area contributed by atoms with Crippen LogP contribution in [0.25, 0.3) is 0 Å². The zero-order valence-electron chi connectivity index (χ0n) is 14.3. The maximum Gasteiger partial charge on any atom is 0.274 e. The van der Waals surface area contributed by atoms with Crippen LogP contribution >= 0.6 is 0 Å². The molecule has 1 saturated heterocycles. The standard InChI is InChI=1S/C17H22N6O2/c1-25-15-3-2-12(10-19-15)22-6-8-23(9-7-22)17(24)16-13-4-5-18-11-14(13)20-21-16/h2-3,10,18H,4-9,11H2,1H3,(H,20,21). The quantitative estimate of drug-likeness (QED) is 0.841. The van der Waals surface area contributed by atoms with E-state index >= 15 is 0 Å². The first-order chi connectivity index (χ1) is 12.3. The monoisotopic (exact) mass is 342 g/mol. The van der Waals surface area contributed by atoms with E-state index < -0.39 is 0 Å². The molecule has 0 bridgehead atoms. The van der Waals surface area contributed by atoms with Crippen molar-refractivity contribution < 1.29 is 9.53 Å². The van der Waals surface area contributed by atoms with Crippen LogP contribution < -0.4 is 15.0 Å². The molecule has 2 N–H and O–H groups in total. The molecular weight excluding hydrogens is 320 g/mol. The molecule has 0 unspecified atom stereocenters. The van der Waals surface area contributed by atoms with Crippen molar-refractivity contribution in [3.63, 3.8) is 0 Å². The summed E-state index contributed by atoms with van der Waals surface area (Å²) in [6.07, 6.45) is 2.66. The van der Waals surface area contributed by atoms with Gasteiger partial charge >= 0.3 is 0 Å². The summed E-state index contributed by atoms with van der Waals surface area (Å²) in [6, 6.07) is 3.86. The number of ether oxygens (including phenoxy) is 1. The van der Waals surface area contributed by atoms with Crippen molar-refractivity contribution in [2.75, 3.05) is 44.7 Å². The lowest BCUT2D eigenvalue weighted by Crippen LogP contribution is -2.49. The summed E-state index contributed by atoms with van der Waals surface area (Å²) in [6.45, 7) is 4.59. The predicted octanol–water partition coefficient (Wildman–Crippen LogP) is 0.421. The van der Waals surface area contributed by atoms with Crippen LogP contribution in [0.4, 0.5) is 5.69 Å². The largest absolute Gasteiger partial charge is 0.481 e. The third kappa shape index (κ3) is 3.05. The van der Waals surface area contributed by atoms with E-state index in [9.17, 15) is 4.79 Å². The van der Waals surface area contributed by atoms with Crippen molar-refractivity contribution in [3.05, 3.63) is 35.3 Å². The van der Waals surface area contributed by atoms with Crippen molar-refractivity contribution in [1.29, 1.82) is 0 Å². The second-order valence-corrected chi connectivity index (χ2v) is 6.29. The fraction of sp³-hybridized carbons (Fsp3) is 0.471. The molecule has 132 valence electrons. The van der Waals surface area contributed by atoms with Crippen LogP contribution in [-0.2, 0) is 13.0 Å². The molecule has 25 heavy (non-hydrogen) atoms. The number of fused-ring (bicyclic) bond motifs is 1. The first-order valence-electron chi connectivity index (χ1n) is 8.57. The number of carbonyl (C=O) groups excluding carboxylic acids is 1. The molecule has 2 aromatic rings. The van der Waals surface area contributed by atoms with Crippen LogP contribution in [0.5, 0.6) is 5.88 Å². The first kappa shape index (κ1) is 15.9. The number of rotatable bonds is 3. The van der Waals surface area contributed by atoms with E-state index in [2.05, 4.69) is 25.4 Å². The molecule has 4 heterocycles. The van der Waals surface area contributed by atoms with Crippen LogP contribution in [0.1, 0.15) is 21.7 Å². The Morgan fingerprint density at radius 3 is 2.80 bits per heavy atom. The van der Waals surface area contributed by atoms with Crippen molar-refractivity contribution in [2.45, 2.75) is 13.0 Å². The van der Waals surface area contributed by atoms with Gasteiger partial charge in [0.2, 0.25) is 5.88 Å². The van der Waals surface area contributed by atoms with Gasteiger partial charge in [-0.1, -0.05) is 0 Å². The Hall–Kier alpha value is -2.61. The van der Waals surface area contributed by atoms with Gasteiger partial charge < -0.3 is 19.9 Å². The highest BCUT2D eigenvalue weighted by Gasteiger charge is 2.28. The summed E-state index contributed by atoms with van der Waals surface area (Å²) in [5.41, 5.74) is 3.76. The molecule has 0 radical (unpaired) electrons. The number of amides is 1. The second kappa shape index (κ2) is 6.72. The molecule has 8 nitrogen and oxygen atoms in total. The fourth-order valence-corrected chi connectivity index (χ4v) is 3.42. The number of hydrogen-bond acceptors (Lipinski definition) is 6. The average molecular weight is 342 g/mol. The summed E-state index contributed by atoms with van der Waals surface area (Å²) in [7, 11) is 1.61. The summed E-state index contributed by atoms with van der Waals surface area (Å²) >= 11 is 0. The number of hydrogen-bond donors (Lipinski definition) is 2. The smallest absolute Gasteiger partial charge is 0.274 e. The molecule has 0 spiro atoms. The van der Waals surface area contributed by atoms with E-state index in [1.165, 1.54) is 0 Å². The molecule has 4 rings (SSSR count). The lowest BCUT2D eigenvalue weighted by Gasteiger charge is -2.35. The van der Waals surface area contributed by atoms with Gasteiger partial charge in [0.05, 0.1) is 24.7 Å². The Labute approximate surface area is 146 Å². The molecule has 0 aromatic carbocycles. The molecule has 2 aromatic heterocycles. The van der Waals surface area contributed by atoms with Gasteiger partial charge in [0.1, 0.15) is 0 Å². The van der Waals surface area contributed by atoms with Crippen molar-refractivity contribution in [2.24, 2.45) is 0 Å². The van der Waals surface area contributed by atoms with Gasteiger partial charge in [-0.2, -0.15) is 5.10 Å². The second-order valence-electron chi connectivity index (χ2n) is 6.29. The minimum atomic E-state index is 0.0342. The Bertz CT molecular complexity index is 749. The minimum Gasteiger partial charge on any atom is -0.481 e. The summed E-state index contributed by atoms with van der Waals surface area (Å²) in [5, 5.41) is 10.6. The van der Waals surface area contributed by atoms with Gasteiger partial charge in [-0.15, -0.1) is 0 Å². The fourth-order valence-electron chi connectivity index (χ4n) is 3.42. The topological polar surface area (TPSA) is 86.4 Å². The van der Waals surface area contributed by atoms with Crippen molar-refractivity contribution in [1.82, 2.24) is 25.4 Å². The molecule has 8 heteroatoms. The predicted molar refractivity (Wildman–Crippen MR) is 92.9 cm³/mol. The van der Waals surface area contributed by atoms with Gasteiger partial charge in [-0.3, -0.25) is 9.89 Å². The Morgan fingerprint density at radius 2 is 2.08 bits per heavy atom. The minimum absolute atomic E-state index is 0.0342. The molecule has 2 aliphatic heterocycles. The molecule has 2 aliphatic rings. The van der Waals surface area contributed by atoms with Crippen molar-refractivity contribution >= 4 is 11.6 Å². The molecule has 1 amide bonds. The van der Waals surface area contributed by atoms with Crippen LogP contribution in [-0.4, -0.2) is 65.8 Å². The summed E-state index contributed by atoms with van der Waals surface area (Å²) < 4.78 is 5.09. The van der Waals surface area contributed by atoms with Crippen LogP contribution in [0.15, 0.2) is 18.3 Å². The molecule has 0 aliphatic carbocycles. The molecular formula is C17H22N6O2. The average Bonchev–Trinajstić information content (AvgIpc) is 3.12. The van der Waals surface area contributed by atoms with E-state index in [-0.39, 0.29) is 5.91 Å². The zero-order valence-corrected chi connectivity index (χ0v) is 14.3. The van der Waals surface area contributed by atoms with E-state index in [4.69, 9.17) is 4.74 Å². The Balaban J connectivity index is 1.41. The highest BCUT2D eigenvalue weighted by Crippen LogP contribution is 2.21. The van der Waals surface area contributed by atoms with Crippen LogP contribution in [0.2, 0.25) is 0 Å². The number of H-pyrrole nitrogens is 1. The van der Waals surface area contributed by atoms with Gasteiger partial charge in [0.15, 0.2) is 5.69 Å². The highest BCUT2D eigenvalue weighted by atomic mass is 16.5. The van der Waals surface area contributed by atoms with E-state index in [1.54, 1.807) is 7.11 Å². The van der Waals surface area contributed by atoms with E-state index in [1.807, 2.05) is 23.2 Å². The third-order valence-electron chi connectivity index (χ3n) is 4.87. The molecule has 0 saturated carbocycles. The number of piperazine rings is 1. The number of aromatic amines is 1. The maximum atomic E-state index is 12.8. The SMILES string of the molecule is COc1ccc(N2CCN(C(=O)c3n[nH]c4c3CCNC4)CC2)cn1. The third-order valence-corrected chi connectivity index (χ3v) is 4.87. The van der Waals surface area contributed by atoms with Crippen molar-refractivity contribution in [3.8, 4) is 5.88 Å². The number of carbonyl (C=O) groups is 1. The zero-order chi connectivity index (χ0) is 17.2. The summed E-state index contributed by atoms with van der Waals surface area (Å²) in [5.74, 6) is 0.641. The molecule has 0 atom stereocenters. The van der Waals surface area contributed by atoms with Gasteiger partial charge in [-0.05, 0) is 19.0 Å². The van der Waals surface area contributed by atoms with E-state index in [0.29, 0.717) is 24.7 Å². The highest BCUT2D eigenvalue weighted by molar-refractivity contribution is 5.94. The lowest BCUT2D eigenvalue weighted by atomic mass is 10.1. The molecule has 1 fully saturated rings. The Kier molecular flexibility index (Phi) is 4.27. The van der Waals surface area contributed by atoms with Crippen LogP contribution in [0, 0.1) is 0 Å². The maximum absolute atomic E-state index is 12.8. The summed E-state index contributed by atoms with van der Waals surface area (Å²) in [4.78, 5) is 21.2. The Morgan fingerprint density at radius 1 is 1.24 bits per heavy atom. The van der Waals surface area contributed by atoms with Crippen LogP contribution in [0.3, 0.4) is 0 Å². The number of nitrogens with zero attached hydrogens (tertiary/aromatic N) is 4. The number of methoxy groups -OCH3 is 1. The number of pyridine rings is 1. The van der Waals surface area contributed by atoms with Gasteiger partial charge in [0, 0.05) is 44.4 Å². The van der Waals surface area contributed by atoms with E-state index in [0.717, 1.165) is 49.5 Å². The number of nitrogens with one attached hydrogen (secondary N) is 2. The van der Waals surface area contributed by atoms with Gasteiger partial charge in [0.25, 0.3) is 5.91 Å². The number of aromatic nitrogens is 3.